The Labute approximate surface area is 144 Å². The molecule has 0 saturated heterocycles. The molecule has 1 N–H and O–H groups in total. The van der Waals surface area contributed by atoms with Crippen molar-refractivity contribution in [2.75, 3.05) is 4.72 Å². The van der Waals surface area contributed by atoms with E-state index in [0.717, 1.165) is 16.9 Å². The first-order valence-electron chi connectivity index (χ1n) is 7.38. The van der Waals surface area contributed by atoms with Crippen LogP contribution in [0.2, 0.25) is 0 Å². The first-order chi connectivity index (χ1) is 11.3. The molecule has 0 unspecified atom stereocenters. The summed E-state index contributed by atoms with van der Waals surface area (Å²) in [5.41, 5.74) is 1.69. The van der Waals surface area contributed by atoms with Crippen molar-refractivity contribution < 1.29 is 12.8 Å². The van der Waals surface area contributed by atoms with Crippen LogP contribution in [-0.4, -0.2) is 18.6 Å². The Morgan fingerprint density at radius 2 is 1.79 bits per heavy atom. The molecule has 1 aromatic carbocycles. The molecule has 0 aliphatic heterocycles. The van der Waals surface area contributed by atoms with Gasteiger partial charge in [0.2, 0.25) is 5.89 Å². The smallest absolute Gasteiger partial charge is 0.271 e. The highest BCUT2D eigenvalue weighted by molar-refractivity contribution is 7.94. The average Bonchev–Trinajstić information content (AvgIpc) is 3.16. The van der Waals surface area contributed by atoms with Crippen LogP contribution in [0.3, 0.4) is 0 Å². The minimum absolute atomic E-state index is 0.196. The molecule has 0 radical (unpaired) electrons. The second kappa shape index (κ2) is 6.37. The Balaban J connectivity index is 1.82. The van der Waals surface area contributed by atoms with Crippen molar-refractivity contribution in [2.24, 2.45) is 0 Å². The van der Waals surface area contributed by atoms with Crippen molar-refractivity contribution in [3.05, 3.63) is 47.9 Å². The number of thiophene rings is 1. The van der Waals surface area contributed by atoms with Crippen molar-refractivity contribution in [3.63, 3.8) is 0 Å². The number of benzene rings is 1. The highest BCUT2D eigenvalue weighted by Gasteiger charge is 2.19. The fraction of sp³-hybridized carbons (Fsp3) is 0.250. The van der Waals surface area contributed by atoms with Crippen LogP contribution < -0.4 is 4.72 Å². The topological polar surface area (TPSA) is 85.1 Å². The molecule has 0 bridgehead atoms. The molecule has 0 saturated carbocycles. The van der Waals surface area contributed by atoms with Crippen molar-refractivity contribution in [1.82, 2.24) is 10.2 Å². The zero-order valence-corrected chi connectivity index (χ0v) is 15.1. The predicted molar refractivity (Wildman–Crippen MR) is 93.7 cm³/mol. The molecule has 3 rings (SSSR count). The third-order valence-corrected chi connectivity index (χ3v) is 6.36. The van der Waals surface area contributed by atoms with Gasteiger partial charge < -0.3 is 4.42 Å². The maximum absolute atomic E-state index is 12.5. The molecule has 2 heterocycles. The van der Waals surface area contributed by atoms with Gasteiger partial charge in [-0.15, -0.1) is 21.5 Å². The highest BCUT2D eigenvalue weighted by atomic mass is 32.2. The van der Waals surface area contributed by atoms with Crippen molar-refractivity contribution in [3.8, 4) is 10.8 Å². The number of sulfonamides is 1. The van der Waals surface area contributed by atoms with Crippen LogP contribution in [0, 0.1) is 6.92 Å². The summed E-state index contributed by atoms with van der Waals surface area (Å²) in [5.74, 6) is 1.15. The third-order valence-electron chi connectivity index (χ3n) is 3.41. The van der Waals surface area contributed by atoms with E-state index in [-0.39, 0.29) is 4.21 Å². The summed E-state index contributed by atoms with van der Waals surface area (Å²) in [6, 6.07) is 10.6. The molecule has 0 amide bonds. The molecule has 3 aromatic rings. The Morgan fingerprint density at radius 1 is 1.08 bits per heavy atom. The van der Waals surface area contributed by atoms with Gasteiger partial charge in [-0.2, -0.15) is 0 Å². The lowest BCUT2D eigenvalue weighted by Crippen LogP contribution is -2.11. The maximum Gasteiger partial charge on any atom is 0.271 e. The van der Waals surface area contributed by atoms with E-state index in [1.54, 1.807) is 25.1 Å². The van der Waals surface area contributed by atoms with E-state index in [4.69, 9.17) is 4.42 Å². The summed E-state index contributed by atoms with van der Waals surface area (Å²) in [6.45, 7) is 5.86. The van der Waals surface area contributed by atoms with Gasteiger partial charge in [0, 0.05) is 12.6 Å². The Bertz CT molecular complexity index is 941. The monoisotopic (exact) mass is 363 g/mol. The van der Waals surface area contributed by atoms with E-state index in [1.807, 2.05) is 12.1 Å². The summed E-state index contributed by atoms with van der Waals surface area (Å²) in [4.78, 5) is 0.617. The molecule has 8 heteroatoms. The van der Waals surface area contributed by atoms with Crippen molar-refractivity contribution in [1.29, 1.82) is 0 Å². The van der Waals surface area contributed by atoms with Gasteiger partial charge in [-0.3, -0.25) is 4.72 Å². The summed E-state index contributed by atoms with van der Waals surface area (Å²) in [6.07, 6.45) is 0. The minimum atomic E-state index is -3.65. The molecule has 126 valence electrons. The quantitative estimate of drug-likeness (QED) is 0.740. The number of rotatable bonds is 5. The summed E-state index contributed by atoms with van der Waals surface area (Å²) < 4.78 is 33.1. The summed E-state index contributed by atoms with van der Waals surface area (Å²) in [7, 11) is -3.65. The maximum atomic E-state index is 12.5. The number of hydrogen-bond acceptors (Lipinski definition) is 6. The molecule has 24 heavy (non-hydrogen) atoms. The average molecular weight is 363 g/mol. The molecule has 0 aliphatic carbocycles. The molecular weight excluding hydrogens is 346 g/mol. The van der Waals surface area contributed by atoms with Crippen LogP contribution in [0.4, 0.5) is 5.69 Å². The van der Waals surface area contributed by atoms with E-state index in [1.165, 1.54) is 6.07 Å². The SMILES string of the molecule is Cc1nnc(-c2ccc(S(=O)(=O)Nc3ccc(C(C)C)cc3)s2)o1. The van der Waals surface area contributed by atoms with E-state index < -0.39 is 10.0 Å². The molecule has 0 atom stereocenters. The molecule has 6 nitrogen and oxygen atoms in total. The molecule has 0 fully saturated rings. The second-order valence-corrected chi connectivity index (χ2v) is 8.62. The number of nitrogens with zero attached hydrogens (tertiary/aromatic N) is 2. The Hall–Kier alpha value is -2.19. The normalized spacial score (nSPS) is 11.8. The van der Waals surface area contributed by atoms with Gasteiger partial charge in [-0.1, -0.05) is 26.0 Å². The van der Waals surface area contributed by atoms with Crippen molar-refractivity contribution >= 4 is 27.0 Å². The standard InChI is InChI=1S/C16H17N3O3S2/c1-10(2)12-4-6-13(7-5-12)19-24(20,21)15-9-8-14(23-15)16-18-17-11(3)22-16/h4-10,19H,1-3H3. The highest BCUT2D eigenvalue weighted by Crippen LogP contribution is 2.31. The van der Waals surface area contributed by atoms with Crippen LogP contribution in [0.15, 0.2) is 45.0 Å². The van der Waals surface area contributed by atoms with E-state index in [2.05, 4.69) is 28.8 Å². The van der Waals surface area contributed by atoms with Gasteiger partial charge in [-0.05, 0) is 35.7 Å². The number of hydrogen-bond donors (Lipinski definition) is 1. The zero-order chi connectivity index (χ0) is 17.3. The number of aryl methyl sites for hydroxylation is 1. The van der Waals surface area contributed by atoms with Crippen LogP contribution in [0.25, 0.3) is 10.8 Å². The largest absolute Gasteiger partial charge is 0.420 e. The van der Waals surface area contributed by atoms with Gasteiger partial charge in [-0.25, -0.2) is 8.42 Å². The molecule has 0 spiro atoms. The van der Waals surface area contributed by atoms with Gasteiger partial charge in [0.1, 0.15) is 4.21 Å². The first-order valence-corrected chi connectivity index (χ1v) is 9.68. The zero-order valence-electron chi connectivity index (χ0n) is 13.5. The lowest BCUT2D eigenvalue weighted by atomic mass is 10.0. The summed E-state index contributed by atoms with van der Waals surface area (Å²) in [5, 5.41) is 7.65. The molecule has 0 aliphatic rings. The Morgan fingerprint density at radius 3 is 2.38 bits per heavy atom. The van der Waals surface area contributed by atoms with Crippen molar-refractivity contribution in [2.45, 2.75) is 30.9 Å². The van der Waals surface area contributed by atoms with Gasteiger partial charge >= 0.3 is 0 Å². The van der Waals surface area contributed by atoms with Gasteiger partial charge in [0.15, 0.2) is 0 Å². The fourth-order valence-electron chi connectivity index (χ4n) is 2.12. The summed E-state index contributed by atoms with van der Waals surface area (Å²) >= 11 is 1.09. The molecule has 2 aromatic heterocycles. The van der Waals surface area contributed by atoms with Gasteiger partial charge in [0.05, 0.1) is 4.88 Å². The van der Waals surface area contributed by atoms with Gasteiger partial charge in [0.25, 0.3) is 15.9 Å². The first kappa shape index (κ1) is 16.7. The van der Waals surface area contributed by atoms with E-state index in [9.17, 15) is 8.42 Å². The fourth-order valence-corrected chi connectivity index (χ4v) is 4.40. The van der Waals surface area contributed by atoms with Crippen LogP contribution in [-0.2, 0) is 10.0 Å². The minimum Gasteiger partial charge on any atom is -0.420 e. The Kier molecular flexibility index (Phi) is 4.42. The third kappa shape index (κ3) is 3.49. The van der Waals surface area contributed by atoms with Crippen LogP contribution >= 0.6 is 11.3 Å². The lowest BCUT2D eigenvalue weighted by Gasteiger charge is -2.09. The molecular formula is C16H17N3O3S2. The van der Waals surface area contributed by atoms with Crippen LogP contribution in [0.5, 0.6) is 0 Å². The number of nitrogens with one attached hydrogen (secondary N) is 1. The van der Waals surface area contributed by atoms with Crippen LogP contribution in [0.1, 0.15) is 31.2 Å². The number of anilines is 1. The van der Waals surface area contributed by atoms with E-state index >= 15 is 0 Å². The van der Waals surface area contributed by atoms with E-state index in [0.29, 0.717) is 28.3 Å². The lowest BCUT2D eigenvalue weighted by molar-refractivity contribution is 0.534. The predicted octanol–water partition coefficient (Wildman–Crippen LogP) is 4.03. The number of aromatic nitrogens is 2. The second-order valence-electron chi connectivity index (χ2n) is 5.63.